The first-order valence-corrected chi connectivity index (χ1v) is 14.7. The van der Waals surface area contributed by atoms with Crippen molar-refractivity contribution < 1.29 is 17.9 Å². The number of hydrogen-bond donors (Lipinski definition) is 0. The number of unbranched alkanes of at least 4 members (excludes halogenated alkanes) is 1. The van der Waals surface area contributed by atoms with Crippen LogP contribution in [0.5, 0.6) is 0 Å². The Balaban J connectivity index is 1.86. The largest absolute Gasteiger partial charge is 0.465 e. The van der Waals surface area contributed by atoms with Crippen molar-refractivity contribution in [2.24, 2.45) is 5.92 Å². The van der Waals surface area contributed by atoms with Gasteiger partial charge in [-0.25, -0.2) is 13.2 Å². The van der Waals surface area contributed by atoms with Gasteiger partial charge in [0.25, 0.3) is 0 Å². The van der Waals surface area contributed by atoms with Gasteiger partial charge in [0.2, 0.25) is 10.0 Å². The predicted octanol–water partition coefficient (Wildman–Crippen LogP) is 6.74. The van der Waals surface area contributed by atoms with Gasteiger partial charge >= 0.3 is 5.97 Å². The number of methoxy groups -OCH3 is 1. The number of hydrogen-bond acceptors (Lipinski definition) is 4. The van der Waals surface area contributed by atoms with E-state index < -0.39 is 16.0 Å². The molecule has 2 aromatic rings. The molecule has 6 heteroatoms. The number of esters is 1. The molecule has 0 unspecified atom stereocenters. The fraction of sp³-hybridized carbons (Fsp3) is 0.552. The third-order valence-corrected chi connectivity index (χ3v) is 9.08. The van der Waals surface area contributed by atoms with E-state index in [0.29, 0.717) is 25.1 Å². The second-order valence-electron chi connectivity index (χ2n) is 9.84. The molecule has 0 bridgehead atoms. The lowest BCUT2D eigenvalue weighted by Crippen LogP contribution is -2.34. The summed E-state index contributed by atoms with van der Waals surface area (Å²) in [6.45, 7) is 4.89. The monoisotopic (exact) mass is 499 g/mol. The van der Waals surface area contributed by atoms with Gasteiger partial charge in [-0.15, -0.1) is 0 Å². The van der Waals surface area contributed by atoms with Crippen LogP contribution in [0.1, 0.15) is 86.2 Å². The summed E-state index contributed by atoms with van der Waals surface area (Å²) < 4.78 is 33.2. The van der Waals surface area contributed by atoms with Crippen molar-refractivity contribution in [3.8, 4) is 11.1 Å². The topological polar surface area (TPSA) is 63.7 Å². The Morgan fingerprint density at radius 1 is 1.03 bits per heavy atom. The van der Waals surface area contributed by atoms with Crippen LogP contribution in [0, 0.1) is 12.8 Å². The van der Waals surface area contributed by atoms with Crippen LogP contribution in [-0.4, -0.2) is 38.1 Å². The summed E-state index contributed by atoms with van der Waals surface area (Å²) in [4.78, 5) is 12.5. The van der Waals surface area contributed by atoms with E-state index in [1.807, 2.05) is 50.2 Å². The maximum absolute atomic E-state index is 13.3. The molecule has 0 N–H and O–H groups in total. The maximum atomic E-state index is 13.3. The van der Waals surface area contributed by atoms with E-state index in [1.165, 1.54) is 39.2 Å². The number of benzene rings is 2. The molecule has 0 saturated heterocycles. The highest BCUT2D eigenvalue weighted by Gasteiger charge is 2.24. The molecule has 5 nitrogen and oxygen atoms in total. The SMILES string of the molecule is CCCCS(=O)(=O)N(CCCC1CCCCC1)Cc1ccc(C(=O)OC)c(-c2ccccc2C)c1. The Bertz CT molecular complexity index is 1070. The van der Waals surface area contributed by atoms with Crippen LogP contribution in [0.2, 0.25) is 0 Å². The second-order valence-corrected chi connectivity index (χ2v) is 11.9. The molecule has 3 rings (SSSR count). The average molecular weight is 500 g/mol. The minimum absolute atomic E-state index is 0.178. The standard InChI is InChI=1S/C29H41NO4S/c1-4-5-20-35(32,33)30(19-11-15-24-13-7-6-8-14-24)22-25-17-18-27(29(31)34-3)28(21-25)26-16-10-9-12-23(26)2/h9-10,12,16-18,21,24H,4-8,11,13-15,19-20,22H2,1-3H3. The highest BCUT2D eigenvalue weighted by atomic mass is 32.2. The van der Waals surface area contributed by atoms with Crippen molar-refractivity contribution >= 4 is 16.0 Å². The fourth-order valence-electron chi connectivity index (χ4n) is 5.08. The zero-order valence-corrected chi connectivity index (χ0v) is 22.4. The quantitative estimate of drug-likeness (QED) is 0.303. The molecule has 0 amide bonds. The molecule has 1 aliphatic carbocycles. The third-order valence-electron chi connectivity index (χ3n) is 7.18. The summed E-state index contributed by atoms with van der Waals surface area (Å²) in [5, 5.41) is 0. The van der Waals surface area contributed by atoms with E-state index in [-0.39, 0.29) is 5.75 Å². The van der Waals surface area contributed by atoms with Gasteiger partial charge in [-0.2, -0.15) is 4.31 Å². The van der Waals surface area contributed by atoms with Crippen LogP contribution in [0.15, 0.2) is 42.5 Å². The molecule has 1 fully saturated rings. The average Bonchev–Trinajstić information content (AvgIpc) is 2.87. The van der Waals surface area contributed by atoms with E-state index in [0.717, 1.165) is 47.4 Å². The Hall–Kier alpha value is -2.18. The Kier molecular flexibility index (Phi) is 10.4. The number of ether oxygens (including phenoxy) is 1. The first-order valence-electron chi connectivity index (χ1n) is 13.1. The minimum atomic E-state index is -3.36. The van der Waals surface area contributed by atoms with Gasteiger partial charge in [0.05, 0.1) is 18.4 Å². The summed E-state index contributed by atoms with van der Waals surface area (Å²) in [6, 6.07) is 13.5. The lowest BCUT2D eigenvalue weighted by Gasteiger charge is -2.25. The van der Waals surface area contributed by atoms with Gasteiger partial charge in [-0.3, -0.25) is 0 Å². The second kappa shape index (κ2) is 13.2. The molecule has 0 spiro atoms. The van der Waals surface area contributed by atoms with Gasteiger partial charge in [-0.1, -0.05) is 75.8 Å². The van der Waals surface area contributed by atoms with Gasteiger partial charge in [0, 0.05) is 13.1 Å². The van der Waals surface area contributed by atoms with Gasteiger partial charge in [0.1, 0.15) is 0 Å². The van der Waals surface area contributed by atoms with Crippen LogP contribution in [-0.2, 0) is 21.3 Å². The van der Waals surface area contributed by atoms with Crippen LogP contribution in [0.25, 0.3) is 11.1 Å². The summed E-state index contributed by atoms with van der Waals surface area (Å²) in [7, 11) is -1.98. The molecule has 0 heterocycles. The Morgan fingerprint density at radius 3 is 2.46 bits per heavy atom. The van der Waals surface area contributed by atoms with E-state index in [4.69, 9.17) is 4.74 Å². The first-order chi connectivity index (χ1) is 16.9. The van der Waals surface area contributed by atoms with Crippen molar-refractivity contribution in [1.29, 1.82) is 0 Å². The van der Waals surface area contributed by atoms with Crippen LogP contribution in [0.4, 0.5) is 0 Å². The molecule has 0 atom stereocenters. The third kappa shape index (κ3) is 7.65. The Morgan fingerprint density at radius 2 is 1.77 bits per heavy atom. The van der Waals surface area contributed by atoms with Crippen LogP contribution in [0.3, 0.4) is 0 Å². The van der Waals surface area contributed by atoms with Crippen molar-refractivity contribution in [2.45, 2.75) is 78.2 Å². The molecule has 192 valence electrons. The molecular formula is C29H41NO4S. The fourth-order valence-corrected chi connectivity index (χ4v) is 6.75. The maximum Gasteiger partial charge on any atom is 0.338 e. The van der Waals surface area contributed by atoms with E-state index in [1.54, 1.807) is 10.4 Å². The molecule has 1 aliphatic rings. The molecule has 1 saturated carbocycles. The van der Waals surface area contributed by atoms with Crippen molar-refractivity contribution in [1.82, 2.24) is 4.31 Å². The van der Waals surface area contributed by atoms with E-state index >= 15 is 0 Å². The van der Waals surface area contributed by atoms with Crippen molar-refractivity contribution in [3.05, 3.63) is 59.2 Å². The molecule has 0 aliphatic heterocycles. The molecule has 0 aromatic heterocycles. The molecule has 35 heavy (non-hydrogen) atoms. The highest BCUT2D eigenvalue weighted by molar-refractivity contribution is 7.89. The van der Waals surface area contributed by atoms with Crippen LogP contribution < -0.4 is 0 Å². The summed E-state index contributed by atoms with van der Waals surface area (Å²) in [6.07, 6.45) is 9.98. The lowest BCUT2D eigenvalue weighted by molar-refractivity contribution is 0.0601. The highest BCUT2D eigenvalue weighted by Crippen LogP contribution is 2.30. The zero-order chi connectivity index (χ0) is 25.3. The number of nitrogens with zero attached hydrogens (tertiary/aromatic N) is 1. The van der Waals surface area contributed by atoms with Crippen LogP contribution >= 0.6 is 0 Å². The molecule has 2 aromatic carbocycles. The van der Waals surface area contributed by atoms with Crippen molar-refractivity contribution in [2.75, 3.05) is 19.4 Å². The van der Waals surface area contributed by atoms with Gasteiger partial charge in [-0.05, 0) is 66.5 Å². The molecular weight excluding hydrogens is 458 g/mol. The number of carbonyl (C=O) groups is 1. The Labute approximate surface area is 211 Å². The smallest absolute Gasteiger partial charge is 0.338 e. The van der Waals surface area contributed by atoms with Gasteiger partial charge < -0.3 is 4.74 Å². The predicted molar refractivity (Wildman–Crippen MR) is 143 cm³/mol. The van der Waals surface area contributed by atoms with Gasteiger partial charge in [0.15, 0.2) is 0 Å². The minimum Gasteiger partial charge on any atom is -0.465 e. The van der Waals surface area contributed by atoms with E-state index in [9.17, 15) is 13.2 Å². The number of sulfonamides is 1. The number of carbonyl (C=O) groups excluding carboxylic acids is 1. The molecule has 0 radical (unpaired) electrons. The number of aryl methyl sites for hydroxylation is 1. The number of rotatable bonds is 12. The van der Waals surface area contributed by atoms with Crippen molar-refractivity contribution in [3.63, 3.8) is 0 Å². The lowest BCUT2D eigenvalue weighted by atomic mass is 9.86. The summed E-state index contributed by atoms with van der Waals surface area (Å²) >= 11 is 0. The zero-order valence-electron chi connectivity index (χ0n) is 21.6. The normalized spacial score (nSPS) is 14.9. The first kappa shape index (κ1) is 27.4. The summed E-state index contributed by atoms with van der Waals surface area (Å²) in [5.74, 6) is 0.517. The van der Waals surface area contributed by atoms with E-state index in [2.05, 4.69) is 0 Å². The summed E-state index contributed by atoms with van der Waals surface area (Å²) in [5.41, 5.74) is 4.15.